The molecule has 1 N–H and O–H groups in total. The molecule has 0 unspecified atom stereocenters. The molecule has 0 spiro atoms. The van der Waals surface area contributed by atoms with Gasteiger partial charge in [-0.25, -0.2) is 21.6 Å². The average Bonchev–Trinajstić information content (AvgIpc) is 2.04. The molecule has 96 valence electrons. The highest BCUT2D eigenvalue weighted by molar-refractivity contribution is 9.09. The van der Waals surface area contributed by atoms with Crippen LogP contribution in [0, 0.1) is 0 Å². The summed E-state index contributed by atoms with van der Waals surface area (Å²) in [5.41, 5.74) is 0. The van der Waals surface area contributed by atoms with E-state index in [9.17, 15) is 16.8 Å². The molecule has 1 rings (SSSR count). The van der Waals surface area contributed by atoms with Crippen molar-refractivity contribution < 1.29 is 16.8 Å². The van der Waals surface area contributed by atoms with E-state index >= 15 is 0 Å². The zero-order valence-corrected chi connectivity index (χ0v) is 12.2. The van der Waals surface area contributed by atoms with Crippen molar-refractivity contribution in [2.75, 3.05) is 11.3 Å². The van der Waals surface area contributed by atoms with Crippen molar-refractivity contribution in [3.05, 3.63) is 0 Å². The van der Waals surface area contributed by atoms with Gasteiger partial charge in [0, 0.05) is 17.1 Å². The number of sulfone groups is 1. The Kier molecular flexibility index (Phi) is 4.79. The maximum absolute atomic E-state index is 11.5. The second-order valence-corrected chi connectivity index (χ2v) is 9.78. The van der Waals surface area contributed by atoms with E-state index in [0.717, 1.165) is 31.9 Å². The molecule has 0 saturated heterocycles. The summed E-state index contributed by atoms with van der Waals surface area (Å²) in [5.74, 6) is 0. The van der Waals surface area contributed by atoms with Gasteiger partial charge in [0.1, 0.15) is 0 Å². The molecule has 1 aliphatic rings. The van der Waals surface area contributed by atoms with Crippen LogP contribution in [0.2, 0.25) is 0 Å². The molecule has 0 radical (unpaired) electrons. The van der Waals surface area contributed by atoms with Gasteiger partial charge in [-0.15, -0.1) is 0 Å². The lowest BCUT2D eigenvalue weighted by Gasteiger charge is -2.25. The normalized spacial score (nSPS) is 27.9. The van der Waals surface area contributed by atoms with Crippen molar-refractivity contribution in [3.8, 4) is 0 Å². The largest absolute Gasteiger partial charge is 0.228 e. The number of sulfonamides is 1. The van der Waals surface area contributed by atoms with E-state index < -0.39 is 24.9 Å². The Morgan fingerprint density at radius 1 is 1.12 bits per heavy atom. The summed E-state index contributed by atoms with van der Waals surface area (Å²) in [6.07, 6.45) is 4.23. The van der Waals surface area contributed by atoms with E-state index in [1.807, 2.05) is 0 Å². The topological polar surface area (TPSA) is 80.3 Å². The molecule has 0 aromatic carbocycles. The number of hydrogen-bond donors (Lipinski definition) is 1. The zero-order valence-electron chi connectivity index (χ0n) is 9.02. The lowest BCUT2D eigenvalue weighted by atomic mass is 9.96. The van der Waals surface area contributed by atoms with Crippen LogP contribution in [0.5, 0.6) is 0 Å². The molecule has 0 aliphatic heterocycles. The van der Waals surface area contributed by atoms with E-state index in [2.05, 4.69) is 20.7 Å². The summed E-state index contributed by atoms with van der Waals surface area (Å²) in [6.45, 7) is 0. The Labute approximate surface area is 105 Å². The molecule has 0 amide bonds. The molecule has 1 aliphatic carbocycles. The van der Waals surface area contributed by atoms with Crippen LogP contribution in [0.3, 0.4) is 0 Å². The number of alkyl halides is 1. The predicted octanol–water partition coefficient (Wildman–Crippen LogP) is 0.614. The first kappa shape index (κ1) is 14.4. The van der Waals surface area contributed by atoms with Gasteiger partial charge in [-0.1, -0.05) is 15.9 Å². The Hall–Kier alpha value is 0.340. The van der Waals surface area contributed by atoms with E-state index in [-0.39, 0.29) is 6.04 Å². The van der Waals surface area contributed by atoms with Gasteiger partial charge in [0.2, 0.25) is 10.0 Å². The molecule has 1 saturated carbocycles. The number of halogens is 1. The highest BCUT2D eigenvalue weighted by Crippen LogP contribution is 2.24. The molecule has 0 aromatic rings. The SMILES string of the molecule is CS(=O)(=O)CS(=O)(=O)NC1CCC(Br)CC1. The minimum Gasteiger partial charge on any atom is -0.228 e. The van der Waals surface area contributed by atoms with Crippen molar-refractivity contribution in [2.45, 2.75) is 36.6 Å². The number of hydrogen-bond acceptors (Lipinski definition) is 4. The van der Waals surface area contributed by atoms with Gasteiger partial charge in [0.15, 0.2) is 14.9 Å². The van der Waals surface area contributed by atoms with E-state index in [4.69, 9.17) is 0 Å². The van der Waals surface area contributed by atoms with Crippen molar-refractivity contribution in [1.29, 1.82) is 0 Å². The Morgan fingerprint density at radius 3 is 2.06 bits per heavy atom. The zero-order chi connectivity index (χ0) is 12.4. The van der Waals surface area contributed by atoms with Gasteiger partial charge in [-0.05, 0) is 25.7 Å². The van der Waals surface area contributed by atoms with Gasteiger partial charge in [0.05, 0.1) is 0 Å². The van der Waals surface area contributed by atoms with Crippen molar-refractivity contribution >= 4 is 35.8 Å². The molecular weight excluding hydrogens is 318 g/mol. The summed E-state index contributed by atoms with van der Waals surface area (Å²) in [4.78, 5) is 0.447. The first-order chi connectivity index (χ1) is 7.18. The Bertz CT molecular complexity index is 423. The van der Waals surface area contributed by atoms with Crippen LogP contribution in [0.15, 0.2) is 0 Å². The quantitative estimate of drug-likeness (QED) is 0.764. The van der Waals surface area contributed by atoms with Crippen LogP contribution in [-0.4, -0.2) is 39.0 Å². The average molecular weight is 334 g/mol. The first-order valence-corrected chi connectivity index (χ1v) is 9.62. The van der Waals surface area contributed by atoms with Crippen LogP contribution in [-0.2, 0) is 19.9 Å². The minimum absolute atomic E-state index is 0.124. The molecule has 0 bridgehead atoms. The highest BCUT2D eigenvalue weighted by atomic mass is 79.9. The Morgan fingerprint density at radius 2 is 1.62 bits per heavy atom. The third kappa shape index (κ3) is 5.60. The molecule has 8 heteroatoms. The first-order valence-electron chi connectivity index (χ1n) is 5.00. The van der Waals surface area contributed by atoms with Crippen LogP contribution in [0.25, 0.3) is 0 Å². The minimum atomic E-state index is -3.71. The monoisotopic (exact) mass is 333 g/mol. The van der Waals surface area contributed by atoms with Gasteiger partial charge in [-0.2, -0.15) is 0 Å². The second-order valence-electron chi connectivity index (χ2n) is 4.23. The summed E-state index contributed by atoms with van der Waals surface area (Å²) in [5, 5.41) is -0.825. The van der Waals surface area contributed by atoms with Crippen molar-refractivity contribution in [1.82, 2.24) is 4.72 Å². The fraction of sp³-hybridized carbons (Fsp3) is 1.00. The molecule has 16 heavy (non-hydrogen) atoms. The van der Waals surface area contributed by atoms with Crippen LogP contribution >= 0.6 is 15.9 Å². The summed E-state index contributed by atoms with van der Waals surface area (Å²) < 4.78 is 47.3. The lowest BCUT2D eigenvalue weighted by Crippen LogP contribution is -2.40. The summed E-state index contributed by atoms with van der Waals surface area (Å²) in [6, 6.07) is -0.124. The molecule has 0 aromatic heterocycles. The molecular formula is C8H16BrNO4S2. The second kappa shape index (κ2) is 5.32. The molecule has 1 fully saturated rings. The summed E-state index contributed by atoms with van der Waals surface area (Å²) >= 11 is 3.47. The van der Waals surface area contributed by atoms with Crippen LogP contribution in [0.1, 0.15) is 25.7 Å². The smallest absolute Gasteiger partial charge is 0.226 e. The summed E-state index contributed by atoms with van der Waals surface area (Å²) in [7, 11) is -7.21. The van der Waals surface area contributed by atoms with Crippen LogP contribution in [0.4, 0.5) is 0 Å². The van der Waals surface area contributed by atoms with Gasteiger partial charge >= 0.3 is 0 Å². The van der Waals surface area contributed by atoms with Gasteiger partial charge in [-0.3, -0.25) is 0 Å². The van der Waals surface area contributed by atoms with E-state index in [1.165, 1.54) is 0 Å². The molecule has 0 atom stereocenters. The highest BCUT2D eigenvalue weighted by Gasteiger charge is 2.25. The number of nitrogens with one attached hydrogen (secondary N) is 1. The van der Waals surface area contributed by atoms with E-state index in [1.54, 1.807) is 0 Å². The lowest BCUT2D eigenvalue weighted by molar-refractivity contribution is 0.423. The van der Waals surface area contributed by atoms with E-state index in [0.29, 0.717) is 4.83 Å². The predicted molar refractivity (Wildman–Crippen MR) is 66.7 cm³/mol. The fourth-order valence-electron chi connectivity index (χ4n) is 1.74. The fourth-order valence-corrected chi connectivity index (χ4v) is 5.54. The third-order valence-corrected chi connectivity index (χ3v) is 6.93. The molecule has 0 heterocycles. The van der Waals surface area contributed by atoms with Crippen molar-refractivity contribution in [3.63, 3.8) is 0 Å². The molecule has 5 nitrogen and oxygen atoms in total. The third-order valence-electron chi connectivity index (χ3n) is 2.37. The maximum atomic E-state index is 11.5. The van der Waals surface area contributed by atoms with Gasteiger partial charge in [0.25, 0.3) is 0 Å². The maximum Gasteiger partial charge on any atom is 0.226 e. The Balaban J connectivity index is 2.54. The van der Waals surface area contributed by atoms with Crippen LogP contribution < -0.4 is 4.72 Å². The standard InChI is InChI=1S/C8H16BrNO4S2/c1-15(11,12)6-16(13,14)10-8-4-2-7(9)3-5-8/h7-8,10H,2-6H2,1H3. The number of rotatable bonds is 4. The van der Waals surface area contributed by atoms with Crippen molar-refractivity contribution in [2.24, 2.45) is 0 Å². The van der Waals surface area contributed by atoms with Gasteiger partial charge < -0.3 is 0 Å².